The van der Waals surface area contributed by atoms with Gasteiger partial charge in [-0.05, 0) is 0 Å². The van der Waals surface area contributed by atoms with Crippen molar-refractivity contribution < 1.29 is 0 Å². The Morgan fingerprint density at radius 2 is 1.14 bits per heavy atom. The van der Waals surface area contributed by atoms with Crippen molar-refractivity contribution in [2.45, 2.75) is 31.5 Å². The lowest BCUT2D eigenvalue weighted by atomic mass is 10.2. The van der Waals surface area contributed by atoms with Gasteiger partial charge in [-0.3, -0.25) is 0 Å². The van der Waals surface area contributed by atoms with Crippen LogP contribution in [0, 0.1) is 0 Å². The Kier molecular flexibility index (Phi) is 11.4. The minimum Gasteiger partial charge on any atom is -0.0784 e. The van der Waals surface area contributed by atoms with Gasteiger partial charge in [0.25, 0.3) is 0 Å². The third-order valence-corrected chi connectivity index (χ3v) is 1.76. The topological polar surface area (TPSA) is 0 Å². The third-order valence-electron chi connectivity index (χ3n) is 1.10. The average Bonchev–Trinajstić information content (AvgIpc) is 2.24. The molecule has 0 saturated heterocycles. The molecule has 0 unspecified atom stereocenters. The third kappa shape index (κ3) is 7.49. The van der Waals surface area contributed by atoms with E-state index in [1.165, 1.54) is 0 Å². The number of hydrogen-bond donors (Lipinski definition) is 0. The van der Waals surface area contributed by atoms with Crippen molar-refractivity contribution in [3.05, 3.63) is 35.9 Å². The van der Waals surface area contributed by atoms with E-state index < -0.39 is 3.79 Å². The molecule has 0 heterocycles. The Balaban J connectivity index is 0. The molecule has 0 saturated carbocycles. The number of rotatable bonds is 0. The van der Waals surface area contributed by atoms with Crippen molar-refractivity contribution in [1.82, 2.24) is 0 Å². The lowest BCUT2D eigenvalue weighted by Crippen LogP contribution is -1.98. The molecule has 82 valence electrons. The lowest BCUT2D eigenvalue weighted by Gasteiger charge is -2.09. The molecule has 0 radical (unpaired) electrons. The average molecular weight is 256 g/mol. The zero-order valence-electron chi connectivity index (χ0n) is 9.02. The molecule has 0 aliphatic carbocycles. The van der Waals surface area contributed by atoms with Crippen molar-refractivity contribution in [2.24, 2.45) is 0 Å². The van der Waals surface area contributed by atoms with E-state index in [1.807, 2.05) is 45.9 Å². The van der Waals surface area contributed by atoms with Crippen molar-refractivity contribution in [3.63, 3.8) is 0 Å². The fraction of sp³-hybridized carbons (Fsp3) is 0.455. The fourth-order valence-corrected chi connectivity index (χ4v) is 1.01. The lowest BCUT2D eigenvalue weighted by molar-refractivity contribution is 1.24. The highest BCUT2D eigenvalue weighted by atomic mass is 35.6. The summed E-state index contributed by atoms with van der Waals surface area (Å²) >= 11 is 16.8. The molecule has 0 amide bonds. The van der Waals surface area contributed by atoms with Gasteiger partial charge < -0.3 is 0 Å². The molecule has 0 aromatic heterocycles. The Hall–Kier alpha value is 0.0900. The maximum atomic E-state index is 5.59. The van der Waals surface area contributed by atoms with E-state index in [0.29, 0.717) is 5.56 Å². The van der Waals surface area contributed by atoms with Crippen LogP contribution in [-0.2, 0) is 3.79 Å². The summed E-state index contributed by atoms with van der Waals surface area (Å²) in [6.07, 6.45) is 0. The van der Waals surface area contributed by atoms with Gasteiger partial charge >= 0.3 is 0 Å². The summed E-state index contributed by atoms with van der Waals surface area (Å²) in [5.41, 5.74) is 0.694. The molecule has 1 aromatic rings. The zero-order chi connectivity index (χ0) is 11.6. The van der Waals surface area contributed by atoms with E-state index in [9.17, 15) is 0 Å². The van der Waals surface area contributed by atoms with Crippen LogP contribution in [0.5, 0.6) is 0 Å². The van der Waals surface area contributed by atoms with Crippen LogP contribution < -0.4 is 0 Å². The van der Waals surface area contributed by atoms with E-state index in [4.69, 9.17) is 34.8 Å². The van der Waals surface area contributed by atoms with Gasteiger partial charge in [-0.25, -0.2) is 0 Å². The Morgan fingerprint density at radius 3 is 1.36 bits per heavy atom. The van der Waals surface area contributed by atoms with E-state index in [0.717, 1.165) is 0 Å². The van der Waals surface area contributed by atoms with Crippen LogP contribution in [0.25, 0.3) is 0 Å². The summed E-state index contributed by atoms with van der Waals surface area (Å²) in [4.78, 5) is 0. The molecule has 0 atom stereocenters. The second-order valence-electron chi connectivity index (χ2n) is 1.86. The summed E-state index contributed by atoms with van der Waals surface area (Å²) in [6, 6.07) is 9.08. The minimum atomic E-state index is -1.29. The van der Waals surface area contributed by atoms with E-state index in [2.05, 4.69) is 0 Å². The van der Waals surface area contributed by atoms with Gasteiger partial charge in [0.1, 0.15) is 0 Å². The molecule has 0 aliphatic heterocycles. The second-order valence-corrected chi connectivity index (χ2v) is 4.15. The smallest absolute Gasteiger partial charge is 0.0784 e. The van der Waals surface area contributed by atoms with Crippen molar-refractivity contribution in [1.29, 1.82) is 0 Å². The van der Waals surface area contributed by atoms with Crippen molar-refractivity contribution in [3.8, 4) is 0 Å². The van der Waals surface area contributed by atoms with Gasteiger partial charge in [-0.2, -0.15) is 0 Å². The Bertz CT molecular complexity index is 202. The van der Waals surface area contributed by atoms with Gasteiger partial charge in [0, 0.05) is 5.56 Å². The van der Waals surface area contributed by atoms with Crippen molar-refractivity contribution >= 4 is 34.8 Å². The molecular formula is C11H17Cl3. The highest BCUT2D eigenvalue weighted by Gasteiger charge is 2.21. The molecule has 0 bridgehead atoms. The van der Waals surface area contributed by atoms with Crippen LogP contribution in [-0.4, -0.2) is 0 Å². The van der Waals surface area contributed by atoms with Gasteiger partial charge in [0.15, 0.2) is 0 Å². The quantitative estimate of drug-likeness (QED) is 0.532. The molecular weight excluding hydrogens is 238 g/mol. The predicted molar refractivity (Wildman–Crippen MR) is 68.4 cm³/mol. The molecule has 1 aromatic carbocycles. The van der Waals surface area contributed by atoms with Crippen molar-refractivity contribution in [2.75, 3.05) is 0 Å². The standard InChI is InChI=1S/C7H5Cl3.2C2H6/c8-7(9,10)6-4-2-1-3-5-6;2*1-2/h1-5H;2*1-2H3. The second kappa shape index (κ2) is 9.64. The van der Waals surface area contributed by atoms with E-state index >= 15 is 0 Å². The normalized spacial score (nSPS) is 9.07. The maximum Gasteiger partial charge on any atom is 0.216 e. The maximum absolute atomic E-state index is 5.59. The molecule has 0 N–H and O–H groups in total. The largest absolute Gasteiger partial charge is 0.216 e. The predicted octanol–water partition coefficient (Wildman–Crippen LogP) is 5.57. The number of alkyl halides is 3. The van der Waals surface area contributed by atoms with Crippen LogP contribution in [0.3, 0.4) is 0 Å². The highest BCUT2D eigenvalue weighted by Crippen LogP contribution is 2.37. The highest BCUT2D eigenvalue weighted by molar-refractivity contribution is 6.66. The zero-order valence-corrected chi connectivity index (χ0v) is 11.3. The van der Waals surface area contributed by atoms with Gasteiger partial charge in [0.05, 0.1) is 0 Å². The van der Waals surface area contributed by atoms with Crippen LogP contribution >= 0.6 is 34.8 Å². The number of hydrogen-bond acceptors (Lipinski definition) is 0. The summed E-state index contributed by atoms with van der Waals surface area (Å²) in [5, 5.41) is 0. The van der Waals surface area contributed by atoms with Crippen LogP contribution in [0.1, 0.15) is 33.3 Å². The van der Waals surface area contributed by atoms with Crippen LogP contribution in [0.15, 0.2) is 30.3 Å². The monoisotopic (exact) mass is 254 g/mol. The first kappa shape index (κ1) is 16.5. The SMILES string of the molecule is CC.CC.ClC(Cl)(Cl)c1ccccc1. The summed E-state index contributed by atoms with van der Waals surface area (Å²) in [5.74, 6) is 0. The van der Waals surface area contributed by atoms with Gasteiger partial charge in [-0.1, -0.05) is 92.8 Å². The van der Waals surface area contributed by atoms with Gasteiger partial charge in [-0.15, -0.1) is 0 Å². The van der Waals surface area contributed by atoms with E-state index in [1.54, 1.807) is 12.1 Å². The van der Waals surface area contributed by atoms with Crippen LogP contribution in [0.4, 0.5) is 0 Å². The molecule has 3 heteroatoms. The molecule has 0 fully saturated rings. The molecule has 0 aliphatic rings. The Labute approximate surface area is 102 Å². The van der Waals surface area contributed by atoms with E-state index in [-0.39, 0.29) is 0 Å². The first-order chi connectivity index (χ1) is 6.61. The number of benzene rings is 1. The fourth-order valence-electron chi connectivity index (χ4n) is 0.627. The molecule has 1 rings (SSSR count). The summed E-state index contributed by atoms with van der Waals surface area (Å²) in [7, 11) is 0. The first-order valence-corrected chi connectivity index (χ1v) is 5.86. The molecule has 14 heavy (non-hydrogen) atoms. The Morgan fingerprint density at radius 1 is 0.786 bits per heavy atom. The van der Waals surface area contributed by atoms with Crippen LogP contribution in [0.2, 0.25) is 0 Å². The molecule has 0 nitrogen and oxygen atoms in total. The van der Waals surface area contributed by atoms with Gasteiger partial charge in [0.2, 0.25) is 3.79 Å². The molecule has 0 spiro atoms. The summed E-state index contributed by atoms with van der Waals surface area (Å²) in [6.45, 7) is 8.00. The summed E-state index contributed by atoms with van der Waals surface area (Å²) < 4.78 is -1.29. The number of halogens is 3. The minimum absolute atomic E-state index is 0.694. The first-order valence-electron chi connectivity index (χ1n) is 4.73.